The molecule has 1 aromatic carbocycles. The van der Waals surface area contributed by atoms with Crippen molar-refractivity contribution in [2.75, 3.05) is 11.5 Å². The van der Waals surface area contributed by atoms with Crippen LogP contribution in [0.15, 0.2) is 18.2 Å². The molecule has 0 heterocycles. The number of hydrogen-bond donors (Lipinski definition) is 2. The number of rotatable bonds is 7. The van der Waals surface area contributed by atoms with Crippen LogP contribution in [0.1, 0.15) is 36.1 Å². The molecular formula is C15H21NO5S. The number of nitrogens with one attached hydrogen (secondary N) is 1. The van der Waals surface area contributed by atoms with Crippen LogP contribution >= 0.6 is 0 Å². The molecule has 0 fully saturated rings. The number of carboxylic acid groups (broad SMARTS) is 1. The third-order valence-electron chi connectivity index (χ3n) is 3.28. The quantitative estimate of drug-likeness (QED) is 0.788. The van der Waals surface area contributed by atoms with Crippen LogP contribution in [0.2, 0.25) is 0 Å². The Morgan fingerprint density at radius 2 is 1.86 bits per heavy atom. The first kappa shape index (κ1) is 18.2. The van der Waals surface area contributed by atoms with E-state index in [0.29, 0.717) is 12.0 Å². The smallest absolute Gasteiger partial charge is 0.330 e. The van der Waals surface area contributed by atoms with E-state index in [1.807, 2.05) is 13.8 Å². The van der Waals surface area contributed by atoms with Gasteiger partial charge in [-0.15, -0.1) is 0 Å². The molecule has 0 aliphatic heterocycles. The van der Waals surface area contributed by atoms with E-state index in [0.717, 1.165) is 11.1 Å². The number of carboxylic acids is 1. The monoisotopic (exact) mass is 327 g/mol. The number of aryl methyl sites for hydroxylation is 2. The van der Waals surface area contributed by atoms with Crippen molar-refractivity contribution in [1.82, 2.24) is 5.32 Å². The van der Waals surface area contributed by atoms with Gasteiger partial charge in [-0.25, -0.2) is 13.2 Å². The van der Waals surface area contributed by atoms with E-state index in [1.165, 1.54) is 0 Å². The molecule has 0 bridgehead atoms. The maximum atomic E-state index is 11.8. The van der Waals surface area contributed by atoms with E-state index in [9.17, 15) is 23.1 Å². The Labute approximate surface area is 130 Å². The zero-order valence-electron chi connectivity index (χ0n) is 12.9. The van der Waals surface area contributed by atoms with Gasteiger partial charge < -0.3 is 10.4 Å². The minimum atomic E-state index is -3.50. The fraction of sp³-hybridized carbons (Fsp3) is 0.467. The average Bonchev–Trinajstić information content (AvgIpc) is 2.38. The third-order valence-corrected chi connectivity index (χ3v) is 5.01. The van der Waals surface area contributed by atoms with Gasteiger partial charge in [-0.05, 0) is 37.0 Å². The van der Waals surface area contributed by atoms with Gasteiger partial charge in [0, 0.05) is 0 Å². The molecular weight excluding hydrogens is 306 g/mol. The second kappa shape index (κ2) is 7.40. The van der Waals surface area contributed by atoms with Gasteiger partial charge >= 0.3 is 5.97 Å². The Kier molecular flexibility index (Phi) is 6.11. The van der Waals surface area contributed by atoms with E-state index in [2.05, 4.69) is 5.32 Å². The summed E-state index contributed by atoms with van der Waals surface area (Å²) in [5.74, 6) is -2.83. The van der Waals surface area contributed by atoms with Gasteiger partial charge in [0.05, 0.1) is 5.75 Å². The Balaban J connectivity index is 2.91. The van der Waals surface area contributed by atoms with Gasteiger partial charge in [-0.3, -0.25) is 4.79 Å². The first-order chi connectivity index (χ1) is 10.2. The van der Waals surface area contributed by atoms with Crippen LogP contribution in [0.3, 0.4) is 0 Å². The molecule has 122 valence electrons. The summed E-state index contributed by atoms with van der Waals surface area (Å²) in [6.07, 6.45) is 0.412. The number of sulfone groups is 1. The van der Waals surface area contributed by atoms with Gasteiger partial charge in [0.2, 0.25) is 5.91 Å². The minimum absolute atomic E-state index is 0.0954. The van der Waals surface area contributed by atoms with Crippen LogP contribution in [0.4, 0.5) is 0 Å². The lowest BCUT2D eigenvalue weighted by atomic mass is 10.0. The highest BCUT2D eigenvalue weighted by Crippen LogP contribution is 2.17. The lowest BCUT2D eigenvalue weighted by molar-refractivity contribution is -0.141. The van der Waals surface area contributed by atoms with Crippen LogP contribution in [0.5, 0.6) is 0 Å². The molecule has 0 aliphatic rings. The molecule has 1 rings (SSSR count). The summed E-state index contributed by atoms with van der Waals surface area (Å²) in [6.45, 7) is 5.43. The maximum absolute atomic E-state index is 11.8. The van der Waals surface area contributed by atoms with Gasteiger partial charge in [-0.2, -0.15) is 0 Å². The molecule has 1 amide bonds. The number of amides is 1. The summed E-state index contributed by atoms with van der Waals surface area (Å²) in [4.78, 5) is 23.2. The Bertz CT molecular complexity index is 667. The zero-order valence-corrected chi connectivity index (χ0v) is 13.7. The zero-order chi connectivity index (χ0) is 16.9. The van der Waals surface area contributed by atoms with E-state index in [4.69, 9.17) is 0 Å². The predicted octanol–water partition coefficient (Wildman–Crippen LogP) is 1.37. The van der Waals surface area contributed by atoms with Crippen molar-refractivity contribution in [3.05, 3.63) is 34.9 Å². The SMILES string of the molecule is CCCS(=O)(=O)CC(=O)NC(C(=O)O)c1ccc(C)c(C)c1. The third kappa shape index (κ3) is 5.14. The van der Waals surface area contributed by atoms with Gasteiger partial charge in [0.1, 0.15) is 5.75 Å². The number of carbonyl (C=O) groups is 2. The van der Waals surface area contributed by atoms with Crippen LogP contribution < -0.4 is 5.32 Å². The first-order valence-electron chi connectivity index (χ1n) is 6.96. The second-order valence-corrected chi connectivity index (χ2v) is 7.46. The van der Waals surface area contributed by atoms with Crippen molar-refractivity contribution in [2.24, 2.45) is 0 Å². The highest BCUT2D eigenvalue weighted by atomic mass is 32.2. The molecule has 1 unspecified atom stereocenters. The molecule has 0 aromatic heterocycles. The summed E-state index contributed by atoms with van der Waals surface area (Å²) in [5, 5.41) is 11.5. The lowest BCUT2D eigenvalue weighted by Crippen LogP contribution is -2.37. The number of aliphatic carboxylic acids is 1. The van der Waals surface area contributed by atoms with Crippen LogP contribution in [-0.4, -0.2) is 36.9 Å². The summed E-state index contributed by atoms with van der Waals surface area (Å²) in [7, 11) is -3.50. The topological polar surface area (TPSA) is 101 Å². The normalized spacial score (nSPS) is 12.7. The molecule has 0 spiro atoms. The molecule has 1 aromatic rings. The first-order valence-corrected chi connectivity index (χ1v) is 8.78. The molecule has 0 aliphatic carbocycles. The maximum Gasteiger partial charge on any atom is 0.330 e. The van der Waals surface area contributed by atoms with Crippen molar-refractivity contribution in [2.45, 2.75) is 33.2 Å². The minimum Gasteiger partial charge on any atom is -0.479 e. The molecule has 0 saturated heterocycles. The lowest BCUT2D eigenvalue weighted by Gasteiger charge is -2.16. The van der Waals surface area contributed by atoms with Gasteiger partial charge in [0.25, 0.3) is 0 Å². The van der Waals surface area contributed by atoms with Crippen molar-refractivity contribution in [3.63, 3.8) is 0 Å². The fourth-order valence-corrected chi connectivity index (χ4v) is 3.27. The Hall–Kier alpha value is -1.89. The molecule has 7 heteroatoms. The number of carbonyl (C=O) groups excluding carboxylic acids is 1. The highest BCUT2D eigenvalue weighted by molar-refractivity contribution is 7.92. The summed E-state index contributed by atoms with van der Waals surface area (Å²) in [6, 6.07) is 3.79. The summed E-state index contributed by atoms with van der Waals surface area (Å²) in [5.41, 5.74) is 2.32. The van der Waals surface area contributed by atoms with Crippen molar-refractivity contribution in [3.8, 4) is 0 Å². The van der Waals surface area contributed by atoms with E-state index >= 15 is 0 Å². The molecule has 0 saturated carbocycles. The summed E-state index contributed by atoms with van der Waals surface area (Å²) < 4.78 is 23.2. The van der Waals surface area contributed by atoms with E-state index < -0.39 is 33.5 Å². The van der Waals surface area contributed by atoms with E-state index in [-0.39, 0.29) is 5.75 Å². The van der Waals surface area contributed by atoms with Crippen LogP contribution in [0, 0.1) is 13.8 Å². The van der Waals surface area contributed by atoms with Gasteiger partial charge in [0.15, 0.2) is 15.9 Å². The van der Waals surface area contributed by atoms with E-state index in [1.54, 1.807) is 25.1 Å². The Morgan fingerprint density at radius 1 is 1.23 bits per heavy atom. The van der Waals surface area contributed by atoms with Gasteiger partial charge in [-0.1, -0.05) is 25.1 Å². The Morgan fingerprint density at radius 3 is 2.36 bits per heavy atom. The fourth-order valence-electron chi connectivity index (χ4n) is 2.02. The molecule has 0 radical (unpaired) electrons. The standard InChI is InChI=1S/C15H21NO5S/c1-4-7-22(20,21)9-13(17)16-14(15(18)19)12-6-5-10(2)11(3)8-12/h5-6,8,14H,4,7,9H2,1-3H3,(H,16,17)(H,18,19). The highest BCUT2D eigenvalue weighted by Gasteiger charge is 2.25. The molecule has 1 atom stereocenters. The van der Waals surface area contributed by atoms with Crippen molar-refractivity contribution >= 4 is 21.7 Å². The molecule has 6 nitrogen and oxygen atoms in total. The number of benzene rings is 1. The molecule has 22 heavy (non-hydrogen) atoms. The van der Waals surface area contributed by atoms with Crippen LogP contribution in [-0.2, 0) is 19.4 Å². The predicted molar refractivity (Wildman–Crippen MR) is 83.4 cm³/mol. The summed E-state index contributed by atoms with van der Waals surface area (Å²) >= 11 is 0. The number of hydrogen-bond acceptors (Lipinski definition) is 4. The molecule has 2 N–H and O–H groups in total. The second-order valence-electron chi connectivity index (χ2n) is 5.27. The van der Waals surface area contributed by atoms with Crippen molar-refractivity contribution in [1.29, 1.82) is 0 Å². The largest absolute Gasteiger partial charge is 0.479 e. The van der Waals surface area contributed by atoms with Crippen LogP contribution in [0.25, 0.3) is 0 Å². The van der Waals surface area contributed by atoms with Crippen molar-refractivity contribution < 1.29 is 23.1 Å². The average molecular weight is 327 g/mol.